The monoisotopic (exact) mass is 421 g/mol. The molecule has 0 aliphatic carbocycles. The van der Waals surface area contributed by atoms with Crippen molar-refractivity contribution in [2.24, 2.45) is 0 Å². The smallest absolute Gasteiger partial charge is 0.349 e. The second-order valence-electron chi connectivity index (χ2n) is 6.29. The number of nitrogens with zero attached hydrogens (tertiary/aromatic N) is 1. The van der Waals surface area contributed by atoms with Gasteiger partial charge in [0, 0.05) is 11.6 Å². The van der Waals surface area contributed by atoms with Crippen LogP contribution in [0.3, 0.4) is 0 Å². The van der Waals surface area contributed by atoms with Crippen LogP contribution in [0.5, 0.6) is 0 Å². The van der Waals surface area contributed by atoms with Crippen LogP contribution in [0.1, 0.15) is 11.1 Å². The van der Waals surface area contributed by atoms with Gasteiger partial charge in [0.15, 0.2) is 0 Å². The molecule has 0 aliphatic heterocycles. The van der Waals surface area contributed by atoms with Crippen molar-refractivity contribution in [3.05, 3.63) is 90.0 Å². The molecule has 0 aliphatic rings. The Kier molecular flexibility index (Phi) is 9.69. The highest BCUT2D eigenvalue weighted by molar-refractivity contribution is 6.05. The number of esters is 2. The molecule has 0 saturated carbocycles. The Bertz CT molecular complexity index is 906. The Labute approximate surface area is 180 Å². The van der Waals surface area contributed by atoms with Crippen LogP contribution in [0.25, 0.3) is 5.57 Å². The van der Waals surface area contributed by atoms with Crippen LogP contribution in [0.4, 0.5) is 0 Å². The van der Waals surface area contributed by atoms with Gasteiger partial charge < -0.3 is 19.3 Å². The van der Waals surface area contributed by atoms with Gasteiger partial charge in [-0.05, 0) is 11.1 Å². The minimum Gasteiger partial charge on any atom is -0.460 e. The van der Waals surface area contributed by atoms with Crippen molar-refractivity contribution in [2.75, 3.05) is 26.4 Å². The first-order valence-electron chi connectivity index (χ1n) is 9.54. The average Bonchev–Trinajstić information content (AvgIpc) is 2.81. The van der Waals surface area contributed by atoms with Crippen LogP contribution in [0.2, 0.25) is 0 Å². The fraction of sp³-hybridized carbons (Fsp3) is 0.208. The third-order valence-electron chi connectivity index (χ3n) is 4.05. The Hall–Kier alpha value is -3.73. The van der Waals surface area contributed by atoms with Crippen LogP contribution in [0, 0.1) is 11.3 Å². The lowest BCUT2D eigenvalue weighted by Crippen LogP contribution is -2.24. The Balaban J connectivity index is 1.99. The standard InChI is InChI=1S/C24H23NO6/c1-2-22(27)31-17-20(26)16-29-13-14-30-24(28)21(15-25)23(18-9-5-3-6-10-18)19-11-7-4-8-12-19/h2-12,20,26H,1,13-14,16-17H2. The maximum atomic E-state index is 12.6. The molecule has 0 saturated heterocycles. The molecule has 0 fully saturated rings. The van der Waals surface area contributed by atoms with E-state index in [0.29, 0.717) is 5.57 Å². The number of rotatable bonds is 11. The predicted octanol–water partition coefficient (Wildman–Crippen LogP) is 2.66. The Morgan fingerprint density at radius 1 is 0.968 bits per heavy atom. The van der Waals surface area contributed by atoms with Crippen molar-refractivity contribution in [3.63, 3.8) is 0 Å². The maximum Gasteiger partial charge on any atom is 0.349 e. The molecule has 0 bridgehead atoms. The van der Waals surface area contributed by atoms with Gasteiger partial charge in [-0.1, -0.05) is 67.2 Å². The van der Waals surface area contributed by atoms with E-state index >= 15 is 0 Å². The summed E-state index contributed by atoms with van der Waals surface area (Å²) in [5, 5.41) is 19.3. The fourth-order valence-electron chi connectivity index (χ4n) is 2.64. The molecule has 1 N–H and O–H groups in total. The highest BCUT2D eigenvalue weighted by Crippen LogP contribution is 2.27. The minimum absolute atomic E-state index is 0.00290. The second-order valence-corrected chi connectivity index (χ2v) is 6.29. The number of aliphatic hydroxyl groups is 1. The number of ether oxygens (including phenoxy) is 3. The fourth-order valence-corrected chi connectivity index (χ4v) is 2.64. The zero-order valence-corrected chi connectivity index (χ0v) is 16.9. The summed E-state index contributed by atoms with van der Waals surface area (Å²) in [6, 6.07) is 20.2. The van der Waals surface area contributed by atoms with Gasteiger partial charge >= 0.3 is 11.9 Å². The lowest BCUT2D eigenvalue weighted by atomic mass is 9.93. The van der Waals surface area contributed by atoms with E-state index in [2.05, 4.69) is 6.58 Å². The van der Waals surface area contributed by atoms with Gasteiger partial charge in [-0.15, -0.1) is 0 Å². The molecule has 2 aromatic carbocycles. The van der Waals surface area contributed by atoms with E-state index in [9.17, 15) is 20.0 Å². The van der Waals surface area contributed by atoms with E-state index in [1.165, 1.54) is 0 Å². The zero-order valence-electron chi connectivity index (χ0n) is 16.9. The molecule has 0 spiro atoms. The molecule has 0 amide bonds. The van der Waals surface area contributed by atoms with E-state index in [1.807, 2.05) is 66.7 Å². The van der Waals surface area contributed by atoms with Gasteiger partial charge in [0.1, 0.15) is 31.0 Å². The number of aliphatic hydroxyl groups excluding tert-OH is 1. The van der Waals surface area contributed by atoms with E-state index < -0.39 is 18.0 Å². The van der Waals surface area contributed by atoms with Crippen LogP contribution in [-0.2, 0) is 23.8 Å². The molecule has 2 aromatic rings. The first-order chi connectivity index (χ1) is 15.1. The van der Waals surface area contributed by atoms with Gasteiger partial charge in [0.05, 0.1) is 13.2 Å². The first-order valence-corrected chi connectivity index (χ1v) is 9.54. The normalized spacial score (nSPS) is 11.0. The molecule has 0 radical (unpaired) electrons. The summed E-state index contributed by atoms with van der Waals surface area (Å²) in [5.41, 5.74) is 1.80. The summed E-state index contributed by atoms with van der Waals surface area (Å²) < 4.78 is 15.1. The Morgan fingerprint density at radius 3 is 2.06 bits per heavy atom. The minimum atomic E-state index is -1.02. The summed E-state index contributed by atoms with van der Waals surface area (Å²) in [6.45, 7) is 2.80. The highest BCUT2D eigenvalue weighted by Gasteiger charge is 2.20. The van der Waals surface area contributed by atoms with Crippen LogP contribution in [0.15, 0.2) is 78.9 Å². The molecule has 31 heavy (non-hydrogen) atoms. The molecule has 160 valence electrons. The number of hydrogen-bond acceptors (Lipinski definition) is 7. The van der Waals surface area contributed by atoms with E-state index in [0.717, 1.165) is 17.2 Å². The Morgan fingerprint density at radius 2 is 1.55 bits per heavy atom. The number of carbonyl (C=O) groups is 2. The van der Waals surface area contributed by atoms with Crippen molar-refractivity contribution in [1.29, 1.82) is 5.26 Å². The van der Waals surface area contributed by atoms with Gasteiger partial charge in [-0.25, -0.2) is 9.59 Å². The number of nitriles is 1. The summed E-state index contributed by atoms with van der Waals surface area (Å²) in [4.78, 5) is 23.5. The van der Waals surface area contributed by atoms with E-state index in [1.54, 1.807) is 0 Å². The molecular formula is C24H23NO6. The van der Waals surface area contributed by atoms with E-state index in [-0.39, 0.29) is 32.0 Å². The predicted molar refractivity (Wildman–Crippen MR) is 113 cm³/mol. The number of benzene rings is 2. The van der Waals surface area contributed by atoms with Crippen molar-refractivity contribution >= 4 is 17.5 Å². The second kappa shape index (κ2) is 12.8. The SMILES string of the molecule is C=CC(=O)OCC(O)COCCOC(=O)C(C#N)=C(c1ccccc1)c1ccccc1. The van der Waals surface area contributed by atoms with Crippen LogP contribution in [-0.4, -0.2) is 49.6 Å². The molecular weight excluding hydrogens is 398 g/mol. The zero-order chi connectivity index (χ0) is 22.5. The summed E-state index contributed by atoms with van der Waals surface area (Å²) in [5.74, 6) is -1.41. The number of hydrogen-bond donors (Lipinski definition) is 1. The van der Waals surface area contributed by atoms with Gasteiger partial charge in [-0.2, -0.15) is 5.26 Å². The van der Waals surface area contributed by atoms with Crippen LogP contribution < -0.4 is 0 Å². The quantitative estimate of drug-likeness (QED) is 0.257. The summed E-state index contributed by atoms with van der Waals surface area (Å²) in [6.07, 6.45) is -0.0242. The van der Waals surface area contributed by atoms with Gasteiger partial charge in [0.25, 0.3) is 0 Å². The van der Waals surface area contributed by atoms with Crippen molar-refractivity contribution < 1.29 is 28.9 Å². The topological polar surface area (TPSA) is 106 Å². The number of carbonyl (C=O) groups excluding carboxylic acids is 2. The molecule has 1 unspecified atom stereocenters. The third-order valence-corrected chi connectivity index (χ3v) is 4.05. The summed E-state index contributed by atoms with van der Waals surface area (Å²) in [7, 11) is 0. The lowest BCUT2D eigenvalue weighted by molar-refractivity contribution is -0.144. The van der Waals surface area contributed by atoms with Crippen LogP contribution >= 0.6 is 0 Å². The van der Waals surface area contributed by atoms with Gasteiger partial charge in [0.2, 0.25) is 0 Å². The molecule has 1 atom stereocenters. The van der Waals surface area contributed by atoms with Crippen molar-refractivity contribution in [1.82, 2.24) is 0 Å². The van der Waals surface area contributed by atoms with E-state index in [4.69, 9.17) is 14.2 Å². The molecule has 0 aromatic heterocycles. The maximum absolute atomic E-state index is 12.6. The first kappa shape index (κ1) is 23.5. The van der Waals surface area contributed by atoms with Crippen molar-refractivity contribution in [2.45, 2.75) is 6.10 Å². The largest absolute Gasteiger partial charge is 0.460 e. The molecule has 0 heterocycles. The summed E-state index contributed by atoms with van der Waals surface area (Å²) >= 11 is 0. The average molecular weight is 421 g/mol. The lowest BCUT2D eigenvalue weighted by Gasteiger charge is -2.13. The van der Waals surface area contributed by atoms with Crippen molar-refractivity contribution in [3.8, 4) is 6.07 Å². The van der Waals surface area contributed by atoms with Gasteiger partial charge in [-0.3, -0.25) is 0 Å². The molecule has 2 rings (SSSR count). The third kappa shape index (κ3) is 7.55. The molecule has 7 heteroatoms. The highest BCUT2D eigenvalue weighted by atomic mass is 16.6. The molecule has 7 nitrogen and oxygen atoms in total.